The van der Waals surface area contributed by atoms with Crippen molar-refractivity contribution in [1.82, 2.24) is 15.5 Å². The molecule has 0 fully saturated rings. The smallest absolute Gasteiger partial charge is 0.252 e. The second-order valence-electron chi connectivity index (χ2n) is 5.02. The van der Waals surface area contributed by atoms with Crippen LogP contribution in [0.15, 0.2) is 16.8 Å². The van der Waals surface area contributed by atoms with Gasteiger partial charge in [0.2, 0.25) is 11.0 Å². The van der Waals surface area contributed by atoms with Crippen LogP contribution in [-0.4, -0.2) is 28.6 Å². The van der Waals surface area contributed by atoms with Crippen molar-refractivity contribution in [2.24, 2.45) is 0 Å². The van der Waals surface area contributed by atoms with E-state index in [2.05, 4.69) is 27.8 Å². The number of aromatic nitrogens is 2. The first-order chi connectivity index (χ1) is 11.2. The van der Waals surface area contributed by atoms with Crippen LogP contribution in [0.4, 0.5) is 5.13 Å². The highest BCUT2D eigenvalue weighted by Crippen LogP contribution is 2.17. The Bertz CT molecular complexity index is 625. The van der Waals surface area contributed by atoms with E-state index < -0.39 is 0 Å². The van der Waals surface area contributed by atoms with Crippen molar-refractivity contribution in [2.75, 3.05) is 11.9 Å². The van der Waals surface area contributed by atoms with Gasteiger partial charge in [0.05, 0.1) is 0 Å². The summed E-state index contributed by atoms with van der Waals surface area (Å²) in [6, 6.07) is 1.78. The monoisotopic (exact) mass is 352 g/mol. The number of hydrogen-bond acceptors (Lipinski definition) is 6. The molecule has 2 aromatic rings. The number of unbranched alkanes of at least 4 members (excludes halogenated alkanes) is 1. The number of carbonyl (C=O) groups is 2. The Morgan fingerprint density at radius 1 is 1.26 bits per heavy atom. The molecule has 6 nitrogen and oxygen atoms in total. The van der Waals surface area contributed by atoms with E-state index in [1.54, 1.807) is 11.4 Å². The van der Waals surface area contributed by atoms with Crippen LogP contribution in [0.25, 0.3) is 0 Å². The van der Waals surface area contributed by atoms with E-state index in [1.165, 1.54) is 22.7 Å². The number of carbonyl (C=O) groups excluding carboxylic acids is 2. The number of nitrogens with zero attached hydrogens (tertiary/aromatic N) is 2. The predicted octanol–water partition coefficient (Wildman–Crippen LogP) is 3.09. The van der Waals surface area contributed by atoms with Crippen LogP contribution in [-0.2, 0) is 11.2 Å². The number of amides is 2. The van der Waals surface area contributed by atoms with Crippen LogP contribution in [0.3, 0.4) is 0 Å². The summed E-state index contributed by atoms with van der Waals surface area (Å²) in [5.74, 6) is -0.204. The molecule has 0 aromatic carbocycles. The minimum absolute atomic E-state index is 0.101. The Labute approximate surface area is 143 Å². The van der Waals surface area contributed by atoms with E-state index in [9.17, 15) is 9.59 Å². The highest BCUT2D eigenvalue weighted by atomic mass is 32.1. The highest BCUT2D eigenvalue weighted by molar-refractivity contribution is 7.15. The molecular formula is C15H20N4O2S2. The van der Waals surface area contributed by atoms with Gasteiger partial charge in [-0.2, -0.15) is 11.3 Å². The Morgan fingerprint density at radius 3 is 2.87 bits per heavy atom. The van der Waals surface area contributed by atoms with Crippen molar-refractivity contribution in [3.63, 3.8) is 0 Å². The van der Waals surface area contributed by atoms with Gasteiger partial charge >= 0.3 is 0 Å². The first-order valence-electron chi connectivity index (χ1n) is 7.61. The first kappa shape index (κ1) is 17.6. The summed E-state index contributed by atoms with van der Waals surface area (Å²) in [4.78, 5) is 23.5. The number of rotatable bonds is 9. The predicted molar refractivity (Wildman–Crippen MR) is 93.0 cm³/mol. The largest absolute Gasteiger partial charge is 0.352 e. The Morgan fingerprint density at radius 2 is 2.13 bits per heavy atom. The summed E-state index contributed by atoms with van der Waals surface area (Å²) in [5.41, 5.74) is 0.660. The average Bonchev–Trinajstić information content (AvgIpc) is 3.21. The Hall–Kier alpha value is -1.80. The summed E-state index contributed by atoms with van der Waals surface area (Å²) in [5, 5.41) is 18.7. The van der Waals surface area contributed by atoms with E-state index in [0.717, 1.165) is 24.3 Å². The molecule has 0 aliphatic carbocycles. The lowest BCUT2D eigenvalue weighted by Gasteiger charge is -2.03. The molecule has 0 saturated carbocycles. The lowest BCUT2D eigenvalue weighted by Crippen LogP contribution is -2.25. The highest BCUT2D eigenvalue weighted by Gasteiger charge is 2.09. The molecule has 2 aromatic heterocycles. The van der Waals surface area contributed by atoms with E-state index in [-0.39, 0.29) is 11.8 Å². The molecule has 2 amide bonds. The van der Waals surface area contributed by atoms with Crippen molar-refractivity contribution in [2.45, 2.75) is 39.0 Å². The third kappa shape index (κ3) is 6.07. The fourth-order valence-electron chi connectivity index (χ4n) is 1.86. The van der Waals surface area contributed by atoms with Gasteiger partial charge in [0, 0.05) is 30.3 Å². The molecular weight excluding hydrogens is 332 g/mol. The van der Waals surface area contributed by atoms with Gasteiger partial charge in [-0.05, 0) is 24.3 Å². The second-order valence-corrected chi connectivity index (χ2v) is 6.87. The van der Waals surface area contributed by atoms with E-state index >= 15 is 0 Å². The second kappa shape index (κ2) is 9.36. The molecule has 0 unspecified atom stereocenters. The number of nitrogens with one attached hydrogen (secondary N) is 2. The SMILES string of the molecule is CCCCc1nnc(NC(=O)CCCNC(=O)c2ccsc2)s1. The van der Waals surface area contributed by atoms with Crippen LogP contribution < -0.4 is 10.6 Å². The standard InChI is InChI=1S/C15H20N4O2S2/c1-2-3-6-13-18-19-15(23-13)17-12(20)5-4-8-16-14(21)11-7-9-22-10-11/h7,9-10H,2-6,8H2,1H3,(H,16,21)(H,17,19,20). The topological polar surface area (TPSA) is 84.0 Å². The van der Waals surface area contributed by atoms with E-state index in [1.807, 2.05) is 5.38 Å². The maximum Gasteiger partial charge on any atom is 0.252 e. The molecule has 0 saturated heterocycles. The Balaban J connectivity index is 1.63. The number of hydrogen-bond donors (Lipinski definition) is 2. The molecule has 23 heavy (non-hydrogen) atoms. The fourth-order valence-corrected chi connectivity index (χ4v) is 3.30. The van der Waals surface area contributed by atoms with E-state index in [0.29, 0.717) is 30.1 Å². The molecule has 0 radical (unpaired) electrons. The minimum Gasteiger partial charge on any atom is -0.352 e. The number of anilines is 1. The van der Waals surface area contributed by atoms with E-state index in [4.69, 9.17) is 0 Å². The van der Waals surface area contributed by atoms with Gasteiger partial charge in [-0.1, -0.05) is 24.7 Å². The maximum atomic E-state index is 11.8. The lowest BCUT2D eigenvalue weighted by atomic mass is 10.2. The zero-order valence-electron chi connectivity index (χ0n) is 13.0. The third-order valence-electron chi connectivity index (χ3n) is 3.11. The van der Waals surface area contributed by atoms with Gasteiger partial charge in [0.1, 0.15) is 5.01 Å². The van der Waals surface area contributed by atoms with Gasteiger partial charge in [-0.15, -0.1) is 10.2 Å². The molecule has 2 rings (SSSR count). The van der Waals surface area contributed by atoms with Crippen LogP contribution >= 0.6 is 22.7 Å². The van der Waals surface area contributed by atoms with Crippen molar-refractivity contribution >= 4 is 39.6 Å². The molecule has 0 aliphatic heterocycles. The molecule has 0 atom stereocenters. The quantitative estimate of drug-likeness (QED) is 0.679. The molecule has 8 heteroatoms. The first-order valence-corrected chi connectivity index (χ1v) is 9.37. The van der Waals surface area contributed by atoms with Gasteiger partial charge in [0.25, 0.3) is 5.91 Å². The van der Waals surface area contributed by atoms with Gasteiger partial charge in [-0.3, -0.25) is 9.59 Å². The van der Waals surface area contributed by atoms with Crippen LogP contribution in [0, 0.1) is 0 Å². The summed E-state index contributed by atoms with van der Waals surface area (Å²) < 4.78 is 0. The molecule has 2 N–H and O–H groups in total. The van der Waals surface area contributed by atoms with Crippen molar-refractivity contribution < 1.29 is 9.59 Å². The van der Waals surface area contributed by atoms with Gasteiger partial charge < -0.3 is 10.6 Å². The number of aryl methyl sites for hydroxylation is 1. The van der Waals surface area contributed by atoms with Crippen molar-refractivity contribution in [3.8, 4) is 0 Å². The van der Waals surface area contributed by atoms with Gasteiger partial charge in [0.15, 0.2) is 0 Å². The van der Waals surface area contributed by atoms with Crippen molar-refractivity contribution in [1.29, 1.82) is 0 Å². The zero-order valence-corrected chi connectivity index (χ0v) is 14.6. The lowest BCUT2D eigenvalue weighted by molar-refractivity contribution is -0.116. The van der Waals surface area contributed by atoms with Crippen LogP contribution in [0.2, 0.25) is 0 Å². The average molecular weight is 352 g/mol. The zero-order chi connectivity index (χ0) is 16.5. The Kier molecular flexibility index (Phi) is 7.15. The molecule has 124 valence electrons. The normalized spacial score (nSPS) is 10.5. The summed E-state index contributed by atoms with van der Waals surface area (Å²) >= 11 is 2.90. The summed E-state index contributed by atoms with van der Waals surface area (Å²) in [7, 11) is 0. The molecule has 0 spiro atoms. The summed E-state index contributed by atoms with van der Waals surface area (Å²) in [6.45, 7) is 2.60. The minimum atomic E-state index is -0.104. The maximum absolute atomic E-state index is 11.8. The fraction of sp³-hybridized carbons (Fsp3) is 0.467. The molecule has 0 aliphatic rings. The van der Waals surface area contributed by atoms with Crippen LogP contribution in [0.5, 0.6) is 0 Å². The number of thiophene rings is 1. The van der Waals surface area contributed by atoms with Crippen LogP contribution in [0.1, 0.15) is 48.0 Å². The molecule has 2 heterocycles. The van der Waals surface area contributed by atoms with Crippen molar-refractivity contribution in [3.05, 3.63) is 27.4 Å². The third-order valence-corrected chi connectivity index (χ3v) is 4.69. The van der Waals surface area contributed by atoms with Gasteiger partial charge in [-0.25, -0.2) is 0 Å². The molecule has 0 bridgehead atoms. The summed E-state index contributed by atoms with van der Waals surface area (Å²) in [6.07, 6.45) is 4.01.